The van der Waals surface area contributed by atoms with E-state index < -0.39 is 0 Å². The first-order valence-electron chi connectivity index (χ1n) is 7.85. The molecule has 3 aromatic rings. The summed E-state index contributed by atoms with van der Waals surface area (Å²) in [6.07, 6.45) is 8.05. The summed E-state index contributed by atoms with van der Waals surface area (Å²) < 4.78 is 3.54. The molecule has 0 unspecified atom stereocenters. The highest BCUT2D eigenvalue weighted by Gasteiger charge is 2.13. The van der Waals surface area contributed by atoms with Crippen LogP contribution in [0.5, 0.6) is 0 Å². The van der Waals surface area contributed by atoms with Crippen molar-refractivity contribution in [3.05, 3.63) is 42.6 Å². The minimum absolute atomic E-state index is 0.0713. The van der Waals surface area contributed by atoms with E-state index in [0.29, 0.717) is 18.1 Å². The van der Waals surface area contributed by atoms with Crippen LogP contribution in [0.1, 0.15) is 23.8 Å². The van der Waals surface area contributed by atoms with Crippen LogP contribution < -0.4 is 5.32 Å². The number of hydrogen-bond donors (Lipinski definition) is 1. The van der Waals surface area contributed by atoms with Crippen molar-refractivity contribution < 1.29 is 4.79 Å². The van der Waals surface area contributed by atoms with E-state index in [1.807, 2.05) is 43.9 Å². The number of aromatic nitrogens is 5. The molecule has 0 saturated carbocycles. The summed E-state index contributed by atoms with van der Waals surface area (Å²) in [5.41, 5.74) is 3.25. The molecule has 0 aliphatic rings. The SMILES string of the molecule is CCCNC(=O)c1cc(-c2cnc(-c3ccnn3C)nc2)cn1C. The molecule has 1 amide bonds. The number of amides is 1. The van der Waals surface area contributed by atoms with Gasteiger partial charge in [-0.3, -0.25) is 9.48 Å². The van der Waals surface area contributed by atoms with Crippen LogP contribution in [0.2, 0.25) is 0 Å². The van der Waals surface area contributed by atoms with Gasteiger partial charge in [0.1, 0.15) is 11.4 Å². The minimum Gasteiger partial charge on any atom is -0.351 e. The molecule has 0 aliphatic heterocycles. The Morgan fingerprint density at radius 2 is 1.96 bits per heavy atom. The molecule has 3 rings (SSSR count). The van der Waals surface area contributed by atoms with Crippen molar-refractivity contribution in [1.82, 2.24) is 29.6 Å². The number of hydrogen-bond acceptors (Lipinski definition) is 4. The van der Waals surface area contributed by atoms with Gasteiger partial charge in [-0.2, -0.15) is 5.10 Å². The van der Waals surface area contributed by atoms with Crippen molar-refractivity contribution in [3.63, 3.8) is 0 Å². The summed E-state index contributed by atoms with van der Waals surface area (Å²) in [5.74, 6) is 0.550. The van der Waals surface area contributed by atoms with E-state index in [1.54, 1.807) is 23.3 Å². The lowest BCUT2D eigenvalue weighted by molar-refractivity contribution is 0.0945. The standard InChI is InChI=1S/C17H20N6O/c1-4-6-18-17(24)15-8-12(11-22(15)2)13-9-19-16(20-10-13)14-5-7-21-23(14)3/h5,7-11H,4,6H2,1-3H3,(H,18,24). The average Bonchev–Trinajstić information content (AvgIpc) is 3.18. The molecular weight excluding hydrogens is 304 g/mol. The zero-order valence-corrected chi connectivity index (χ0v) is 14.0. The van der Waals surface area contributed by atoms with Crippen molar-refractivity contribution in [2.24, 2.45) is 14.1 Å². The molecule has 0 bridgehead atoms. The maximum Gasteiger partial charge on any atom is 0.267 e. The fraction of sp³-hybridized carbons (Fsp3) is 0.294. The molecule has 1 N–H and O–H groups in total. The number of nitrogens with one attached hydrogen (secondary N) is 1. The molecule has 3 aromatic heterocycles. The second-order valence-electron chi connectivity index (χ2n) is 5.62. The van der Waals surface area contributed by atoms with Crippen molar-refractivity contribution in [3.8, 4) is 22.6 Å². The predicted octanol–water partition coefficient (Wildman–Crippen LogP) is 2.02. The molecule has 0 atom stereocenters. The highest BCUT2D eigenvalue weighted by Crippen LogP contribution is 2.22. The van der Waals surface area contributed by atoms with E-state index in [2.05, 4.69) is 20.4 Å². The number of rotatable bonds is 5. The van der Waals surface area contributed by atoms with Crippen LogP contribution in [0.4, 0.5) is 0 Å². The molecule has 24 heavy (non-hydrogen) atoms. The van der Waals surface area contributed by atoms with Crippen molar-refractivity contribution in [2.45, 2.75) is 13.3 Å². The maximum absolute atomic E-state index is 12.1. The van der Waals surface area contributed by atoms with E-state index in [9.17, 15) is 4.79 Å². The monoisotopic (exact) mass is 324 g/mol. The Balaban J connectivity index is 1.85. The quantitative estimate of drug-likeness (QED) is 0.779. The highest BCUT2D eigenvalue weighted by molar-refractivity contribution is 5.94. The lowest BCUT2D eigenvalue weighted by atomic mass is 10.2. The van der Waals surface area contributed by atoms with Crippen LogP contribution in [0, 0.1) is 0 Å². The van der Waals surface area contributed by atoms with Gasteiger partial charge in [0.2, 0.25) is 0 Å². The third-order valence-electron chi connectivity index (χ3n) is 3.81. The number of carbonyl (C=O) groups is 1. The molecule has 7 nitrogen and oxygen atoms in total. The van der Waals surface area contributed by atoms with Gasteiger partial charge < -0.3 is 9.88 Å². The second-order valence-corrected chi connectivity index (χ2v) is 5.62. The predicted molar refractivity (Wildman–Crippen MR) is 91.3 cm³/mol. The normalized spacial score (nSPS) is 10.8. The van der Waals surface area contributed by atoms with Gasteiger partial charge >= 0.3 is 0 Å². The van der Waals surface area contributed by atoms with Gasteiger partial charge in [0, 0.05) is 56.6 Å². The zero-order chi connectivity index (χ0) is 17.1. The molecule has 0 radical (unpaired) electrons. The summed E-state index contributed by atoms with van der Waals surface area (Å²) in [7, 11) is 3.71. The molecular formula is C17H20N6O. The van der Waals surface area contributed by atoms with E-state index >= 15 is 0 Å². The van der Waals surface area contributed by atoms with Crippen LogP contribution in [0.25, 0.3) is 22.6 Å². The fourth-order valence-electron chi connectivity index (χ4n) is 2.48. The largest absolute Gasteiger partial charge is 0.351 e. The summed E-state index contributed by atoms with van der Waals surface area (Å²) in [5, 5.41) is 7.01. The smallest absolute Gasteiger partial charge is 0.267 e. The minimum atomic E-state index is -0.0713. The van der Waals surface area contributed by atoms with E-state index in [4.69, 9.17) is 0 Å². The Kier molecular flexibility index (Phi) is 4.41. The maximum atomic E-state index is 12.1. The lowest BCUT2D eigenvalue weighted by Gasteiger charge is -2.03. The number of aryl methyl sites for hydroxylation is 2. The molecule has 7 heteroatoms. The first-order valence-corrected chi connectivity index (χ1v) is 7.85. The summed E-state index contributed by atoms with van der Waals surface area (Å²) in [6.45, 7) is 2.69. The third-order valence-corrected chi connectivity index (χ3v) is 3.81. The third kappa shape index (κ3) is 3.05. The average molecular weight is 324 g/mol. The van der Waals surface area contributed by atoms with Gasteiger partial charge in [0.25, 0.3) is 5.91 Å². The first-order chi connectivity index (χ1) is 11.6. The topological polar surface area (TPSA) is 77.6 Å². The van der Waals surface area contributed by atoms with Gasteiger partial charge in [0.15, 0.2) is 5.82 Å². The van der Waals surface area contributed by atoms with Crippen molar-refractivity contribution in [2.75, 3.05) is 6.54 Å². The second kappa shape index (κ2) is 6.66. The molecule has 0 fully saturated rings. The van der Waals surface area contributed by atoms with E-state index in [0.717, 1.165) is 23.2 Å². The van der Waals surface area contributed by atoms with Gasteiger partial charge in [-0.25, -0.2) is 9.97 Å². The Morgan fingerprint density at radius 3 is 2.58 bits per heavy atom. The highest BCUT2D eigenvalue weighted by atomic mass is 16.1. The molecule has 0 aromatic carbocycles. The molecule has 3 heterocycles. The lowest BCUT2D eigenvalue weighted by Crippen LogP contribution is -2.25. The van der Waals surface area contributed by atoms with E-state index in [-0.39, 0.29) is 5.91 Å². The van der Waals surface area contributed by atoms with Gasteiger partial charge in [-0.05, 0) is 18.6 Å². The van der Waals surface area contributed by atoms with Gasteiger partial charge in [-0.15, -0.1) is 0 Å². The Morgan fingerprint density at radius 1 is 1.21 bits per heavy atom. The van der Waals surface area contributed by atoms with Crippen LogP contribution >= 0.6 is 0 Å². The van der Waals surface area contributed by atoms with Crippen LogP contribution in [0.15, 0.2) is 36.9 Å². The van der Waals surface area contributed by atoms with Gasteiger partial charge in [0.05, 0.1) is 0 Å². The molecule has 0 saturated heterocycles. The fourth-order valence-corrected chi connectivity index (χ4v) is 2.48. The first kappa shape index (κ1) is 15.9. The Hall–Kier alpha value is -2.96. The molecule has 0 spiro atoms. The van der Waals surface area contributed by atoms with E-state index in [1.165, 1.54) is 0 Å². The molecule has 124 valence electrons. The summed E-state index contributed by atoms with van der Waals surface area (Å²) in [6, 6.07) is 3.72. The number of nitrogens with zero attached hydrogens (tertiary/aromatic N) is 5. The Labute approximate surface area is 140 Å². The Bertz CT molecular complexity index is 846. The molecule has 0 aliphatic carbocycles. The van der Waals surface area contributed by atoms with Crippen LogP contribution in [-0.2, 0) is 14.1 Å². The van der Waals surface area contributed by atoms with Crippen molar-refractivity contribution in [1.29, 1.82) is 0 Å². The zero-order valence-electron chi connectivity index (χ0n) is 14.0. The van der Waals surface area contributed by atoms with Gasteiger partial charge in [-0.1, -0.05) is 6.92 Å². The van der Waals surface area contributed by atoms with Crippen molar-refractivity contribution >= 4 is 5.91 Å². The number of carbonyl (C=O) groups excluding carboxylic acids is 1. The summed E-state index contributed by atoms with van der Waals surface area (Å²) >= 11 is 0. The van der Waals surface area contributed by atoms with Crippen LogP contribution in [-0.4, -0.2) is 36.8 Å². The van der Waals surface area contributed by atoms with Crippen LogP contribution in [0.3, 0.4) is 0 Å². The summed E-state index contributed by atoms with van der Waals surface area (Å²) in [4.78, 5) is 21.0.